The van der Waals surface area contributed by atoms with Crippen LogP contribution in [0.15, 0.2) is 12.1 Å². The molecule has 8 nitrogen and oxygen atoms in total. The van der Waals surface area contributed by atoms with E-state index in [1.54, 1.807) is 7.11 Å². The number of amides is 1. The largest absolute Gasteiger partial charge is 0.385 e. The van der Waals surface area contributed by atoms with Crippen LogP contribution in [0.4, 0.5) is 11.6 Å². The number of likely N-dealkylation sites (N-methyl/N-ethyl adjacent to an activating group) is 1. The first-order valence-corrected chi connectivity index (χ1v) is 10.5. The molecule has 0 aliphatic carbocycles. The van der Waals surface area contributed by atoms with Crippen molar-refractivity contribution in [1.82, 2.24) is 20.4 Å². The Balaban J connectivity index is 1.51. The average molecular weight is 391 g/mol. The maximum absolute atomic E-state index is 12.4. The molecule has 1 N–H and O–H groups in total. The topological polar surface area (TPSA) is 73.8 Å². The molecule has 2 aliphatic heterocycles. The molecule has 2 saturated heterocycles. The molecule has 0 radical (unpaired) electrons. The van der Waals surface area contributed by atoms with Crippen molar-refractivity contribution in [2.45, 2.75) is 26.2 Å². The number of ether oxygens (including phenoxy) is 1. The Morgan fingerprint density at radius 2 is 1.86 bits per heavy atom. The minimum absolute atomic E-state index is 0.0138. The van der Waals surface area contributed by atoms with Crippen molar-refractivity contribution in [3.63, 3.8) is 0 Å². The van der Waals surface area contributed by atoms with E-state index in [-0.39, 0.29) is 11.8 Å². The minimum atomic E-state index is 0.0138. The lowest BCUT2D eigenvalue weighted by Crippen LogP contribution is -2.46. The van der Waals surface area contributed by atoms with E-state index in [1.165, 1.54) is 0 Å². The van der Waals surface area contributed by atoms with Gasteiger partial charge in [0.15, 0.2) is 11.6 Å². The van der Waals surface area contributed by atoms with Crippen molar-refractivity contribution in [3.8, 4) is 0 Å². The van der Waals surface area contributed by atoms with Crippen LogP contribution in [0, 0.1) is 5.92 Å². The highest BCUT2D eigenvalue weighted by Crippen LogP contribution is 2.23. The summed E-state index contributed by atoms with van der Waals surface area (Å²) in [5.74, 6) is 1.97. The number of hydrogen-bond acceptors (Lipinski definition) is 7. The number of carbonyl (C=O) groups excluding carboxylic acids is 1. The zero-order valence-corrected chi connectivity index (χ0v) is 17.3. The number of nitrogens with zero attached hydrogens (tertiary/aromatic N) is 5. The fourth-order valence-corrected chi connectivity index (χ4v) is 3.92. The predicted molar refractivity (Wildman–Crippen MR) is 111 cm³/mol. The number of aromatic nitrogens is 2. The van der Waals surface area contributed by atoms with Crippen LogP contribution in [-0.4, -0.2) is 87.1 Å². The van der Waals surface area contributed by atoms with E-state index in [0.29, 0.717) is 19.7 Å². The Morgan fingerprint density at radius 3 is 2.50 bits per heavy atom. The summed E-state index contributed by atoms with van der Waals surface area (Å²) in [5.41, 5.74) is 0. The highest BCUT2D eigenvalue weighted by molar-refractivity contribution is 5.79. The van der Waals surface area contributed by atoms with Crippen LogP contribution in [0.1, 0.15) is 26.2 Å². The molecule has 0 bridgehead atoms. The van der Waals surface area contributed by atoms with Gasteiger partial charge in [0.1, 0.15) is 0 Å². The number of rotatable bonds is 8. The Bertz CT molecular complexity index is 603. The van der Waals surface area contributed by atoms with Crippen molar-refractivity contribution in [3.05, 3.63) is 12.1 Å². The molecule has 2 aliphatic rings. The van der Waals surface area contributed by atoms with Crippen molar-refractivity contribution >= 4 is 17.5 Å². The number of anilines is 2. The maximum Gasteiger partial charge on any atom is 0.224 e. The van der Waals surface area contributed by atoms with Crippen LogP contribution in [0.3, 0.4) is 0 Å². The highest BCUT2D eigenvalue weighted by atomic mass is 16.5. The first-order chi connectivity index (χ1) is 13.7. The summed E-state index contributed by atoms with van der Waals surface area (Å²) < 4.78 is 5.03. The molecule has 2 fully saturated rings. The zero-order chi connectivity index (χ0) is 19.8. The molecule has 3 rings (SSSR count). The zero-order valence-electron chi connectivity index (χ0n) is 17.3. The smallest absolute Gasteiger partial charge is 0.224 e. The predicted octanol–water partition coefficient (Wildman–Crippen LogP) is 0.988. The van der Waals surface area contributed by atoms with Gasteiger partial charge in [-0.25, -0.2) is 0 Å². The lowest BCUT2D eigenvalue weighted by atomic mass is 9.97. The first-order valence-electron chi connectivity index (χ1n) is 10.5. The summed E-state index contributed by atoms with van der Waals surface area (Å²) in [6.07, 6.45) is 2.77. The summed E-state index contributed by atoms with van der Waals surface area (Å²) in [7, 11) is 1.68. The van der Waals surface area contributed by atoms with Gasteiger partial charge in [-0.1, -0.05) is 6.92 Å². The molecule has 8 heteroatoms. The fraction of sp³-hybridized carbons (Fsp3) is 0.750. The number of methoxy groups -OCH3 is 1. The van der Waals surface area contributed by atoms with E-state index in [2.05, 4.69) is 43.2 Å². The molecule has 0 spiro atoms. The van der Waals surface area contributed by atoms with Crippen LogP contribution in [0.25, 0.3) is 0 Å². The third kappa shape index (κ3) is 5.54. The molecule has 1 amide bonds. The molecule has 1 aromatic rings. The van der Waals surface area contributed by atoms with Crippen molar-refractivity contribution in [1.29, 1.82) is 0 Å². The van der Waals surface area contributed by atoms with E-state index in [9.17, 15) is 4.79 Å². The summed E-state index contributed by atoms with van der Waals surface area (Å²) in [6, 6.07) is 4.12. The van der Waals surface area contributed by atoms with Crippen LogP contribution >= 0.6 is 0 Å². The summed E-state index contributed by atoms with van der Waals surface area (Å²) in [4.78, 5) is 19.4. The lowest BCUT2D eigenvalue weighted by molar-refractivity contribution is -0.125. The molecule has 1 unspecified atom stereocenters. The van der Waals surface area contributed by atoms with Gasteiger partial charge in [-0.3, -0.25) is 4.79 Å². The maximum atomic E-state index is 12.4. The van der Waals surface area contributed by atoms with Gasteiger partial charge in [-0.05, 0) is 37.9 Å². The second-order valence-electron chi connectivity index (χ2n) is 7.59. The Morgan fingerprint density at radius 1 is 1.14 bits per heavy atom. The molecular weight excluding hydrogens is 356 g/mol. The Kier molecular flexibility index (Phi) is 7.85. The van der Waals surface area contributed by atoms with Crippen molar-refractivity contribution in [2.24, 2.45) is 5.92 Å². The number of carbonyl (C=O) groups is 1. The van der Waals surface area contributed by atoms with E-state index in [1.807, 2.05) is 6.07 Å². The average Bonchev–Trinajstić information content (AvgIpc) is 2.77. The lowest BCUT2D eigenvalue weighted by Gasteiger charge is -2.35. The quantitative estimate of drug-likeness (QED) is 0.664. The molecule has 0 aromatic carbocycles. The van der Waals surface area contributed by atoms with Gasteiger partial charge in [0.2, 0.25) is 5.91 Å². The van der Waals surface area contributed by atoms with Crippen LogP contribution < -0.4 is 15.1 Å². The SMILES string of the molecule is CCN1CCN(c2ccc(N3CCCC(C(=O)NCCCOC)C3)nn2)CC1. The van der Waals surface area contributed by atoms with Crippen LogP contribution in [0.2, 0.25) is 0 Å². The molecule has 28 heavy (non-hydrogen) atoms. The minimum Gasteiger partial charge on any atom is -0.385 e. The number of piperidine rings is 1. The molecular formula is C20H34N6O2. The van der Waals surface area contributed by atoms with Gasteiger partial charge in [0.25, 0.3) is 0 Å². The second kappa shape index (κ2) is 10.6. The molecule has 1 atom stereocenters. The second-order valence-corrected chi connectivity index (χ2v) is 7.59. The van der Waals surface area contributed by atoms with Gasteiger partial charge in [-0.2, -0.15) is 0 Å². The summed E-state index contributed by atoms with van der Waals surface area (Å²) in [5, 5.41) is 12.0. The monoisotopic (exact) mass is 390 g/mol. The van der Waals surface area contributed by atoms with Gasteiger partial charge < -0.3 is 24.8 Å². The van der Waals surface area contributed by atoms with Gasteiger partial charge >= 0.3 is 0 Å². The van der Waals surface area contributed by atoms with Gasteiger partial charge in [-0.15, -0.1) is 10.2 Å². The van der Waals surface area contributed by atoms with Gasteiger partial charge in [0, 0.05) is 59.5 Å². The number of nitrogens with one attached hydrogen (secondary N) is 1. The normalized spacial score (nSPS) is 21.0. The molecule has 156 valence electrons. The van der Waals surface area contributed by atoms with E-state index >= 15 is 0 Å². The fourth-order valence-electron chi connectivity index (χ4n) is 3.92. The first kappa shape index (κ1) is 20.8. The van der Waals surface area contributed by atoms with Crippen molar-refractivity contribution < 1.29 is 9.53 Å². The van der Waals surface area contributed by atoms with E-state index in [4.69, 9.17) is 4.74 Å². The summed E-state index contributed by atoms with van der Waals surface area (Å²) >= 11 is 0. The number of piperazine rings is 1. The molecule has 0 saturated carbocycles. The van der Waals surface area contributed by atoms with Crippen LogP contribution in [0.5, 0.6) is 0 Å². The molecule has 3 heterocycles. The third-order valence-corrected chi connectivity index (χ3v) is 5.72. The third-order valence-electron chi connectivity index (χ3n) is 5.72. The van der Waals surface area contributed by atoms with Crippen LogP contribution in [-0.2, 0) is 9.53 Å². The molecule has 1 aromatic heterocycles. The summed E-state index contributed by atoms with van der Waals surface area (Å²) in [6.45, 7) is 10.4. The Labute approximate surface area is 168 Å². The number of hydrogen-bond donors (Lipinski definition) is 1. The standard InChI is InChI=1S/C20H34N6O2/c1-3-24-11-13-25(14-12-24)18-7-8-19(23-22-18)26-10-4-6-17(16-26)20(27)21-9-5-15-28-2/h7-8,17H,3-6,9-16H2,1-2H3,(H,21,27). The van der Waals surface area contributed by atoms with E-state index < -0.39 is 0 Å². The Hall–Kier alpha value is -1.93. The van der Waals surface area contributed by atoms with Crippen molar-refractivity contribution in [2.75, 3.05) is 75.9 Å². The van der Waals surface area contributed by atoms with E-state index in [0.717, 1.165) is 70.2 Å². The highest BCUT2D eigenvalue weighted by Gasteiger charge is 2.26. The van der Waals surface area contributed by atoms with Gasteiger partial charge in [0.05, 0.1) is 5.92 Å².